The zero-order valence-corrected chi connectivity index (χ0v) is 19.9. The van der Waals surface area contributed by atoms with Gasteiger partial charge in [0, 0.05) is 19.5 Å². The molecule has 0 bridgehead atoms. The molecule has 4 amide bonds. The highest BCUT2D eigenvalue weighted by atomic mass is 16.2. The Morgan fingerprint density at radius 2 is 1.79 bits per heavy atom. The van der Waals surface area contributed by atoms with E-state index < -0.39 is 5.54 Å². The van der Waals surface area contributed by atoms with Crippen molar-refractivity contribution in [3.8, 4) is 0 Å². The number of carbonyl (C=O) groups excluding carboxylic acids is 3. The van der Waals surface area contributed by atoms with E-state index >= 15 is 0 Å². The third kappa shape index (κ3) is 4.22. The first kappa shape index (κ1) is 22.6. The lowest BCUT2D eigenvalue weighted by atomic mass is 9.82. The summed E-state index contributed by atoms with van der Waals surface area (Å²) in [4.78, 5) is 42.6. The average Bonchev–Trinajstić information content (AvgIpc) is 3.36. The van der Waals surface area contributed by atoms with Crippen LogP contribution in [0.5, 0.6) is 0 Å². The molecule has 1 atom stereocenters. The Morgan fingerprint density at radius 1 is 1.06 bits per heavy atom. The molecule has 2 aliphatic carbocycles. The van der Waals surface area contributed by atoms with E-state index in [0.717, 1.165) is 37.7 Å². The fraction of sp³-hybridized carbons (Fsp3) is 0.464. The molecule has 1 spiro atoms. The van der Waals surface area contributed by atoms with Crippen molar-refractivity contribution in [3.63, 3.8) is 0 Å². The molecule has 1 saturated carbocycles. The fourth-order valence-electron chi connectivity index (χ4n) is 5.85. The second-order valence-electron chi connectivity index (χ2n) is 10.0. The second kappa shape index (κ2) is 9.24. The topological polar surface area (TPSA) is 69.7 Å². The maximum absolute atomic E-state index is 13.6. The first-order chi connectivity index (χ1) is 16.5. The number of imide groups is 1. The lowest BCUT2D eigenvalue weighted by Gasteiger charge is -2.31. The predicted molar refractivity (Wildman–Crippen MR) is 130 cm³/mol. The number of benzene rings is 2. The number of urea groups is 1. The number of hydrogen-bond acceptors (Lipinski definition) is 3. The van der Waals surface area contributed by atoms with Crippen molar-refractivity contribution in [3.05, 3.63) is 70.8 Å². The van der Waals surface area contributed by atoms with Gasteiger partial charge in [0.2, 0.25) is 5.91 Å². The third-order valence-electron chi connectivity index (χ3n) is 7.77. The lowest BCUT2D eigenvalue weighted by Crippen LogP contribution is -2.48. The van der Waals surface area contributed by atoms with Crippen molar-refractivity contribution in [2.24, 2.45) is 0 Å². The first-order valence-corrected chi connectivity index (χ1v) is 12.5. The Labute approximate surface area is 201 Å². The van der Waals surface area contributed by atoms with Gasteiger partial charge in [-0.2, -0.15) is 0 Å². The molecule has 1 saturated heterocycles. The molecule has 3 aliphatic rings. The van der Waals surface area contributed by atoms with Crippen molar-refractivity contribution in [2.45, 2.75) is 76.4 Å². The number of amides is 4. The smallest absolute Gasteiger partial charge is 0.325 e. The summed E-state index contributed by atoms with van der Waals surface area (Å²) in [6, 6.07) is 16.3. The van der Waals surface area contributed by atoms with E-state index in [1.165, 1.54) is 21.6 Å². The molecule has 0 aromatic heterocycles. The minimum atomic E-state index is -0.746. The Kier molecular flexibility index (Phi) is 6.15. The van der Waals surface area contributed by atoms with E-state index in [0.29, 0.717) is 19.4 Å². The monoisotopic (exact) mass is 459 g/mol. The van der Waals surface area contributed by atoms with Crippen molar-refractivity contribution >= 4 is 17.8 Å². The molecule has 2 aromatic carbocycles. The molecule has 6 nitrogen and oxygen atoms in total. The number of aryl methyl sites for hydroxylation is 2. The van der Waals surface area contributed by atoms with Crippen molar-refractivity contribution in [1.29, 1.82) is 0 Å². The number of carbonyl (C=O) groups is 3. The van der Waals surface area contributed by atoms with Crippen LogP contribution in [0.1, 0.15) is 73.2 Å². The summed E-state index contributed by atoms with van der Waals surface area (Å²) in [6.45, 7) is 2.70. The van der Waals surface area contributed by atoms with E-state index in [1.807, 2.05) is 17.0 Å². The van der Waals surface area contributed by atoms with Crippen LogP contribution in [-0.2, 0) is 22.6 Å². The van der Waals surface area contributed by atoms with Crippen LogP contribution < -0.4 is 5.32 Å². The van der Waals surface area contributed by atoms with Gasteiger partial charge in [0.05, 0.1) is 6.04 Å². The predicted octanol–water partition coefficient (Wildman–Crippen LogP) is 4.66. The fourth-order valence-corrected chi connectivity index (χ4v) is 5.85. The van der Waals surface area contributed by atoms with Gasteiger partial charge in [0.15, 0.2) is 0 Å². The summed E-state index contributed by atoms with van der Waals surface area (Å²) in [5.74, 6) is -0.172. The molecule has 1 N–H and O–H groups in total. The second-order valence-corrected chi connectivity index (χ2v) is 10.0. The average molecular weight is 460 g/mol. The SMILES string of the molecule is Cc1ccc(CN(C(=O)CCN2C(=O)NC3(CCCCC3)C2=O)C2CCc3ccccc32)cc1. The highest BCUT2D eigenvalue weighted by Crippen LogP contribution is 2.37. The Bertz CT molecular complexity index is 1090. The van der Waals surface area contributed by atoms with Crippen molar-refractivity contribution in [1.82, 2.24) is 15.1 Å². The van der Waals surface area contributed by atoms with E-state index in [4.69, 9.17) is 0 Å². The zero-order chi connectivity index (χ0) is 23.7. The summed E-state index contributed by atoms with van der Waals surface area (Å²) in [7, 11) is 0. The van der Waals surface area contributed by atoms with Crippen LogP contribution >= 0.6 is 0 Å². The van der Waals surface area contributed by atoms with Gasteiger partial charge in [-0.3, -0.25) is 14.5 Å². The van der Waals surface area contributed by atoms with Crippen molar-refractivity contribution < 1.29 is 14.4 Å². The van der Waals surface area contributed by atoms with E-state index in [2.05, 4.69) is 48.6 Å². The van der Waals surface area contributed by atoms with Gasteiger partial charge in [-0.05, 0) is 49.3 Å². The van der Waals surface area contributed by atoms with Crippen LogP contribution in [0, 0.1) is 6.92 Å². The van der Waals surface area contributed by atoms with Crippen LogP contribution in [0.25, 0.3) is 0 Å². The normalized spacial score (nSPS) is 21.0. The molecule has 0 radical (unpaired) electrons. The molecule has 1 unspecified atom stereocenters. The summed E-state index contributed by atoms with van der Waals surface area (Å²) >= 11 is 0. The van der Waals surface area contributed by atoms with Crippen LogP contribution in [0.2, 0.25) is 0 Å². The number of fused-ring (bicyclic) bond motifs is 1. The Balaban J connectivity index is 1.33. The van der Waals surface area contributed by atoms with Crippen LogP contribution in [0.3, 0.4) is 0 Å². The van der Waals surface area contributed by atoms with E-state index in [-0.39, 0.29) is 36.9 Å². The van der Waals surface area contributed by atoms with Gasteiger partial charge in [0.1, 0.15) is 5.54 Å². The molecule has 1 heterocycles. The van der Waals surface area contributed by atoms with Crippen molar-refractivity contribution in [2.75, 3.05) is 6.54 Å². The third-order valence-corrected chi connectivity index (χ3v) is 7.77. The Morgan fingerprint density at radius 3 is 2.56 bits per heavy atom. The van der Waals surface area contributed by atoms with E-state index in [9.17, 15) is 14.4 Å². The van der Waals surface area contributed by atoms with Gasteiger partial charge in [0.25, 0.3) is 5.91 Å². The number of rotatable bonds is 6. The van der Waals surface area contributed by atoms with E-state index in [1.54, 1.807) is 0 Å². The minimum absolute atomic E-state index is 0.0118. The highest BCUT2D eigenvalue weighted by Gasteiger charge is 2.51. The standard InChI is InChI=1S/C28H33N3O3/c1-20-9-11-21(12-10-20)19-31(24-14-13-22-7-3-4-8-23(22)24)25(32)15-18-30-26(33)28(29-27(30)34)16-5-2-6-17-28/h3-4,7-12,24H,2,5-6,13-19H2,1H3,(H,29,34). The van der Waals surface area contributed by atoms with Gasteiger partial charge < -0.3 is 10.2 Å². The maximum atomic E-state index is 13.6. The molecule has 178 valence electrons. The molecule has 2 fully saturated rings. The molecular formula is C28H33N3O3. The lowest BCUT2D eigenvalue weighted by molar-refractivity contribution is -0.136. The molecule has 6 heteroatoms. The quantitative estimate of drug-likeness (QED) is 0.639. The van der Waals surface area contributed by atoms with Gasteiger partial charge in [-0.15, -0.1) is 0 Å². The molecule has 2 aromatic rings. The van der Waals surface area contributed by atoms with Gasteiger partial charge in [-0.25, -0.2) is 4.79 Å². The summed E-state index contributed by atoms with van der Waals surface area (Å²) < 4.78 is 0. The molecule has 5 rings (SSSR count). The minimum Gasteiger partial charge on any atom is -0.331 e. The summed E-state index contributed by atoms with van der Waals surface area (Å²) in [6.07, 6.45) is 6.37. The molecule has 1 aliphatic heterocycles. The Hall–Kier alpha value is -3.15. The number of nitrogens with one attached hydrogen (secondary N) is 1. The zero-order valence-electron chi connectivity index (χ0n) is 19.9. The van der Waals surface area contributed by atoms with Gasteiger partial charge in [-0.1, -0.05) is 73.4 Å². The first-order valence-electron chi connectivity index (χ1n) is 12.5. The largest absolute Gasteiger partial charge is 0.331 e. The molecular weight excluding hydrogens is 426 g/mol. The maximum Gasteiger partial charge on any atom is 0.325 e. The number of nitrogens with zero attached hydrogens (tertiary/aromatic N) is 2. The molecule has 34 heavy (non-hydrogen) atoms. The van der Waals surface area contributed by atoms with Gasteiger partial charge >= 0.3 is 6.03 Å². The highest BCUT2D eigenvalue weighted by molar-refractivity contribution is 6.07. The summed E-state index contributed by atoms with van der Waals surface area (Å²) in [5.41, 5.74) is 4.02. The van der Waals surface area contributed by atoms with Crippen LogP contribution in [0.15, 0.2) is 48.5 Å². The number of hydrogen-bond donors (Lipinski definition) is 1. The summed E-state index contributed by atoms with van der Waals surface area (Å²) in [5, 5.41) is 2.95. The van der Waals surface area contributed by atoms with Crippen LogP contribution in [0.4, 0.5) is 4.79 Å². The van der Waals surface area contributed by atoms with Crippen LogP contribution in [-0.4, -0.2) is 39.7 Å².